The van der Waals surface area contributed by atoms with Gasteiger partial charge < -0.3 is 5.11 Å². The molecule has 2 aromatic heterocycles. The fourth-order valence-electron chi connectivity index (χ4n) is 1.67. The van der Waals surface area contributed by atoms with Crippen LogP contribution in [0.25, 0.3) is 5.78 Å². The van der Waals surface area contributed by atoms with Crippen LogP contribution in [0.3, 0.4) is 0 Å². The van der Waals surface area contributed by atoms with Crippen LogP contribution in [0.2, 0.25) is 0 Å². The number of carbonyl (C=O) groups is 1. The maximum atomic E-state index is 11.1. The molecule has 0 bridgehead atoms. The van der Waals surface area contributed by atoms with E-state index in [1.54, 1.807) is 6.92 Å². The first-order chi connectivity index (χ1) is 7.50. The van der Waals surface area contributed by atoms with E-state index in [4.69, 9.17) is 5.11 Å². The first-order valence-electron chi connectivity index (χ1n) is 4.96. The van der Waals surface area contributed by atoms with Gasteiger partial charge in [-0.1, -0.05) is 13.8 Å². The summed E-state index contributed by atoms with van der Waals surface area (Å²) in [6.45, 7) is 5.58. The number of carboxylic acids is 1. The fraction of sp³-hybridized carbons (Fsp3) is 0.400. The van der Waals surface area contributed by atoms with Gasteiger partial charge in [0.05, 0.1) is 11.3 Å². The number of hydrogen-bond acceptors (Lipinski definition) is 4. The lowest BCUT2D eigenvalue weighted by Gasteiger charge is -2.10. The van der Waals surface area contributed by atoms with Gasteiger partial charge in [0.1, 0.15) is 5.82 Å². The lowest BCUT2D eigenvalue weighted by atomic mass is 10.1. The Morgan fingerprint density at radius 1 is 1.50 bits per heavy atom. The average Bonchev–Trinajstić information content (AvgIpc) is 2.55. The second-order valence-electron chi connectivity index (χ2n) is 3.89. The molecule has 0 amide bonds. The van der Waals surface area contributed by atoms with Crippen molar-refractivity contribution in [3.63, 3.8) is 0 Å². The first-order valence-corrected chi connectivity index (χ1v) is 4.96. The molecule has 1 N–H and O–H groups in total. The molecule has 2 aromatic rings. The van der Waals surface area contributed by atoms with E-state index in [2.05, 4.69) is 15.1 Å². The predicted molar refractivity (Wildman–Crippen MR) is 56.6 cm³/mol. The van der Waals surface area contributed by atoms with Gasteiger partial charge in [-0.3, -0.25) is 0 Å². The highest BCUT2D eigenvalue weighted by Gasteiger charge is 2.18. The average molecular weight is 220 g/mol. The van der Waals surface area contributed by atoms with Gasteiger partial charge in [0.15, 0.2) is 0 Å². The number of aromatic nitrogens is 4. The van der Waals surface area contributed by atoms with Gasteiger partial charge in [-0.2, -0.15) is 14.6 Å². The number of aromatic carboxylic acids is 1. The normalized spacial score (nSPS) is 11.2. The summed E-state index contributed by atoms with van der Waals surface area (Å²) in [5.41, 5.74) is 0.797. The molecule has 0 aliphatic carbocycles. The zero-order valence-electron chi connectivity index (χ0n) is 9.30. The van der Waals surface area contributed by atoms with E-state index in [0.29, 0.717) is 17.3 Å². The zero-order valence-corrected chi connectivity index (χ0v) is 9.30. The predicted octanol–water partition coefficient (Wildman–Crippen LogP) is 1.25. The number of carboxylic acid groups (broad SMARTS) is 1. The summed E-state index contributed by atoms with van der Waals surface area (Å²) in [7, 11) is 0. The Balaban J connectivity index is 2.83. The quantitative estimate of drug-likeness (QED) is 0.823. The molecule has 0 unspecified atom stereocenters. The molecule has 0 aromatic carbocycles. The van der Waals surface area contributed by atoms with Gasteiger partial charge in [0.25, 0.3) is 5.78 Å². The Labute approximate surface area is 92.0 Å². The molecule has 0 saturated carbocycles. The number of hydrogen-bond donors (Lipinski definition) is 1. The molecule has 0 fully saturated rings. The maximum absolute atomic E-state index is 11.1. The van der Waals surface area contributed by atoms with E-state index in [0.717, 1.165) is 0 Å². The molecule has 0 saturated heterocycles. The summed E-state index contributed by atoms with van der Waals surface area (Å²) in [6, 6.07) is 0. The van der Waals surface area contributed by atoms with Gasteiger partial charge in [-0.15, -0.1) is 0 Å². The van der Waals surface area contributed by atoms with Crippen LogP contribution in [0.4, 0.5) is 0 Å². The van der Waals surface area contributed by atoms with Crippen LogP contribution >= 0.6 is 0 Å². The number of aryl methyl sites for hydroxylation is 1. The first kappa shape index (κ1) is 10.5. The highest BCUT2D eigenvalue weighted by molar-refractivity contribution is 5.89. The molecule has 6 heteroatoms. The minimum atomic E-state index is -0.994. The van der Waals surface area contributed by atoms with Crippen molar-refractivity contribution >= 4 is 11.7 Å². The SMILES string of the molecule is Cc1nc2ncc(C(=O)O)c(C(C)C)n2n1. The van der Waals surface area contributed by atoms with Crippen molar-refractivity contribution in [2.24, 2.45) is 0 Å². The minimum Gasteiger partial charge on any atom is -0.478 e. The number of fused-ring (bicyclic) bond motifs is 1. The molecular weight excluding hydrogens is 208 g/mol. The third-order valence-corrected chi connectivity index (χ3v) is 2.29. The Morgan fingerprint density at radius 2 is 2.19 bits per heavy atom. The van der Waals surface area contributed by atoms with Crippen molar-refractivity contribution in [3.8, 4) is 0 Å². The lowest BCUT2D eigenvalue weighted by Crippen LogP contribution is -2.11. The van der Waals surface area contributed by atoms with Crippen molar-refractivity contribution < 1.29 is 9.90 Å². The summed E-state index contributed by atoms with van der Waals surface area (Å²) >= 11 is 0. The second-order valence-corrected chi connectivity index (χ2v) is 3.89. The number of nitrogens with zero attached hydrogens (tertiary/aromatic N) is 4. The van der Waals surface area contributed by atoms with E-state index >= 15 is 0 Å². The van der Waals surface area contributed by atoms with Crippen LogP contribution in [-0.2, 0) is 0 Å². The van der Waals surface area contributed by atoms with Crippen molar-refractivity contribution in [1.29, 1.82) is 0 Å². The molecule has 0 aliphatic heterocycles. The van der Waals surface area contributed by atoms with Crippen LogP contribution in [0.1, 0.15) is 41.6 Å². The number of rotatable bonds is 2. The summed E-state index contributed by atoms with van der Waals surface area (Å²) in [4.78, 5) is 19.2. The van der Waals surface area contributed by atoms with E-state index in [1.165, 1.54) is 10.7 Å². The van der Waals surface area contributed by atoms with Crippen molar-refractivity contribution in [3.05, 3.63) is 23.3 Å². The Hall–Kier alpha value is -1.98. The Morgan fingerprint density at radius 3 is 2.75 bits per heavy atom. The van der Waals surface area contributed by atoms with Crippen molar-refractivity contribution in [1.82, 2.24) is 19.6 Å². The minimum absolute atomic E-state index is 0.0395. The van der Waals surface area contributed by atoms with Crippen LogP contribution in [0.5, 0.6) is 0 Å². The highest BCUT2D eigenvalue weighted by atomic mass is 16.4. The fourth-order valence-corrected chi connectivity index (χ4v) is 1.67. The Bertz CT molecular complexity index is 559. The van der Waals surface area contributed by atoms with E-state index < -0.39 is 5.97 Å². The summed E-state index contributed by atoms with van der Waals surface area (Å²) in [6.07, 6.45) is 1.33. The summed E-state index contributed by atoms with van der Waals surface area (Å²) in [5.74, 6) is 0.0621. The van der Waals surface area contributed by atoms with Crippen LogP contribution in [0, 0.1) is 6.92 Å². The van der Waals surface area contributed by atoms with Gasteiger partial charge in [0.2, 0.25) is 0 Å². The van der Waals surface area contributed by atoms with E-state index in [9.17, 15) is 4.79 Å². The van der Waals surface area contributed by atoms with Gasteiger partial charge in [0, 0.05) is 6.20 Å². The van der Waals surface area contributed by atoms with E-state index in [1.807, 2.05) is 13.8 Å². The second kappa shape index (κ2) is 3.55. The zero-order chi connectivity index (χ0) is 11.9. The molecule has 2 heterocycles. The molecule has 16 heavy (non-hydrogen) atoms. The van der Waals surface area contributed by atoms with Gasteiger partial charge >= 0.3 is 5.97 Å². The van der Waals surface area contributed by atoms with E-state index in [-0.39, 0.29) is 11.5 Å². The molecule has 0 radical (unpaired) electrons. The van der Waals surface area contributed by atoms with Crippen molar-refractivity contribution in [2.75, 3.05) is 0 Å². The molecule has 84 valence electrons. The van der Waals surface area contributed by atoms with Crippen LogP contribution < -0.4 is 0 Å². The molecule has 0 aliphatic rings. The van der Waals surface area contributed by atoms with Gasteiger partial charge in [-0.25, -0.2) is 9.78 Å². The molecule has 6 nitrogen and oxygen atoms in total. The summed E-state index contributed by atoms with van der Waals surface area (Å²) < 4.78 is 1.50. The smallest absolute Gasteiger partial charge is 0.339 e. The topological polar surface area (TPSA) is 80.4 Å². The van der Waals surface area contributed by atoms with Crippen molar-refractivity contribution in [2.45, 2.75) is 26.7 Å². The third kappa shape index (κ3) is 1.52. The third-order valence-electron chi connectivity index (χ3n) is 2.29. The molecular formula is C10H12N4O2. The lowest BCUT2D eigenvalue weighted by molar-refractivity contribution is 0.0694. The Kier molecular flexibility index (Phi) is 2.34. The molecule has 2 rings (SSSR count). The summed E-state index contributed by atoms with van der Waals surface area (Å²) in [5, 5.41) is 13.2. The standard InChI is InChI=1S/C10H12N4O2/c1-5(2)8-7(9(15)16)4-11-10-12-6(3)13-14(8)10/h4-5H,1-3H3,(H,15,16). The highest BCUT2D eigenvalue weighted by Crippen LogP contribution is 2.19. The van der Waals surface area contributed by atoms with Crippen LogP contribution in [0.15, 0.2) is 6.20 Å². The van der Waals surface area contributed by atoms with Crippen LogP contribution in [-0.4, -0.2) is 30.7 Å². The maximum Gasteiger partial charge on any atom is 0.339 e. The van der Waals surface area contributed by atoms with Gasteiger partial charge in [-0.05, 0) is 12.8 Å². The molecule has 0 atom stereocenters. The largest absolute Gasteiger partial charge is 0.478 e. The molecule has 0 spiro atoms. The monoisotopic (exact) mass is 220 g/mol.